The third kappa shape index (κ3) is 2.02. The van der Waals surface area contributed by atoms with Gasteiger partial charge >= 0.3 is 6.18 Å². The molecule has 0 bridgehead atoms. The van der Waals surface area contributed by atoms with Gasteiger partial charge in [-0.1, -0.05) is 0 Å². The highest BCUT2D eigenvalue weighted by Crippen LogP contribution is 2.32. The molecule has 7 heteroatoms. The number of benzene rings is 1. The Labute approximate surface area is 99.7 Å². The number of hydrogen-bond acceptors (Lipinski definition) is 3. The first-order valence-corrected chi connectivity index (χ1v) is 4.98. The highest BCUT2D eigenvalue weighted by molar-refractivity contribution is 5.78. The summed E-state index contributed by atoms with van der Waals surface area (Å²) in [6, 6.07) is 4.82. The van der Waals surface area contributed by atoms with Gasteiger partial charge in [0.2, 0.25) is 6.10 Å². The molecule has 0 amide bonds. The summed E-state index contributed by atoms with van der Waals surface area (Å²) in [5.41, 5.74) is 1.53. The Morgan fingerprint density at radius 3 is 2.67 bits per heavy atom. The van der Waals surface area contributed by atoms with Crippen molar-refractivity contribution in [1.82, 2.24) is 9.97 Å². The molecule has 0 saturated heterocycles. The Morgan fingerprint density at radius 1 is 1.44 bits per heavy atom. The standard InChI is InChI=1S/C11H8F3N3O/c1-5-2-7-8(3-6(5)4-15)17-10(16-7)9(18)11(12,13)14/h2-3,9,18H,1H3,(H,16,17). The molecule has 1 heterocycles. The molecule has 1 aromatic heterocycles. The zero-order valence-electron chi connectivity index (χ0n) is 9.21. The first kappa shape index (κ1) is 12.4. The van der Waals surface area contributed by atoms with E-state index in [9.17, 15) is 13.2 Å². The molecule has 0 spiro atoms. The third-order valence-electron chi connectivity index (χ3n) is 2.54. The van der Waals surface area contributed by atoms with E-state index in [1.165, 1.54) is 12.1 Å². The zero-order chi connectivity index (χ0) is 13.5. The number of aryl methyl sites for hydroxylation is 1. The molecule has 0 radical (unpaired) electrons. The third-order valence-corrected chi connectivity index (χ3v) is 2.54. The van der Waals surface area contributed by atoms with Crippen LogP contribution in [0.2, 0.25) is 0 Å². The number of aliphatic hydroxyl groups is 1. The number of nitriles is 1. The Balaban J connectivity index is 2.55. The summed E-state index contributed by atoms with van der Waals surface area (Å²) in [6.45, 7) is 1.67. The number of nitrogens with one attached hydrogen (secondary N) is 1. The largest absolute Gasteiger partial charge is 0.421 e. The molecule has 1 atom stereocenters. The molecule has 2 rings (SSSR count). The van der Waals surface area contributed by atoms with Crippen LogP contribution in [0.1, 0.15) is 23.1 Å². The lowest BCUT2D eigenvalue weighted by Crippen LogP contribution is -2.21. The van der Waals surface area contributed by atoms with E-state index in [1.807, 2.05) is 6.07 Å². The van der Waals surface area contributed by atoms with Crippen molar-refractivity contribution in [3.05, 3.63) is 29.1 Å². The smallest absolute Gasteiger partial charge is 0.377 e. The van der Waals surface area contributed by atoms with Crippen LogP contribution in [0.15, 0.2) is 12.1 Å². The summed E-state index contributed by atoms with van der Waals surface area (Å²) in [5, 5.41) is 17.9. The number of aromatic nitrogens is 2. The molecule has 1 unspecified atom stereocenters. The maximum atomic E-state index is 12.3. The van der Waals surface area contributed by atoms with E-state index in [2.05, 4.69) is 9.97 Å². The van der Waals surface area contributed by atoms with Gasteiger partial charge in [0.1, 0.15) is 5.82 Å². The Kier molecular flexibility index (Phi) is 2.75. The second-order valence-electron chi connectivity index (χ2n) is 3.86. The van der Waals surface area contributed by atoms with E-state index in [1.54, 1.807) is 6.92 Å². The van der Waals surface area contributed by atoms with Crippen molar-refractivity contribution in [2.24, 2.45) is 0 Å². The first-order valence-electron chi connectivity index (χ1n) is 4.98. The molecule has 0 aliphatic rings. The van der Waals surface area contributed by atoms with Crippen LogP contribution in [0.4, 0.5) is 13.2 Å². The lowest BCUT2D eigenvalue weighted by atomic mass is 10.1. The molecule has 94 valence electrons. The van der Waals surface area contributed by atoms with Gasteiger partial charge in [-0.25, -0.2) is 4.98 Å². The van der Waals surface area contributed by atoms with E-state index < -0.39 is 18.1 Å². The van der Waals surface area contributed by atoms with Crippen LogP contribution in [0.25, 0.3) is 11.0 Å². The summed E-state index contributed by atoms with van der Waals surface area (Å²) >= 11 is 0. The van der Waals surface area contributed by atoms with Gasteiger partial charge in [-0.15, -0.1) is 0 Å². The van der Waals surface area contributed by atoms with Gasteiger partial charge in [-0.3, -0.25) is 0 Å². The first-order chi connectivity index (χ1) is 8.32. The molecule has 1 aromatic carbocycles. The van der Waals surface area contributed by atoms with Crippen molar-refractivity contribution in [3.8, 4) is 6.07 Å². The van der Waals surface area contributed by atoms with Crippen molar-refractivity contribution < 1.29 is 18.3 Å². The second-order valence-corrected chi connectivity index (χ2v) is 3.86. The van der Waals surface area contributed by atoms with Gasteiger partial charge in [0.15, 0.2) is 0 Å². The summed E-state index contributed by atoms with van der Waals surface area (Å²) in [7, 11) is 0. The fourth-order valence-corrected chi connectivity index (χ4v) is 1.59. The average Bonchev–Trinajstić information content (AvgIpc) is 2.67. The number of aromatic amines is 1. The van der Waals surface area contributed by atoms with Gasteiger partial charge in [-0.2, -0.15) is 18.4 Å². The number of aliphatic hydroxyl groups excluding tert-OH is 1. The summed E-state index contributed by atoms with van der Waals surface area (Å²) < 4.78 is 37.0. The van der Waals surface area contributed by atoms with Crippen molar-refractivity contribution in [2.45, 2.75) is 19.2 Å². The van der Waals surface area contributed by atoms with E-state index in [-0.39, 0.29) is 5.52 Å². The molecule has 0 saturated carbocycles. The minimum atomic E-state index is -4.78. The molecule has 4 nitrogen and oxygen atoms in total. The molecule has 0 aliphatic heterocycles. The monoisotopic (exact) mass is 255 g/mol. The number of rotatable bonds is 1. The van der Waals surface area contributed by atoms with Crippen LogP contribution in [0.3, 0.4) is 0 Å². The number of nitrogens with zero attached hydrogens (tertiary/aromatic N) is 2. The minimum Gasteiger partial charge on any atom is -0.377 e. The van der Waals surface area contributed by atoms with E-state index >= 15 is 0 Å². The summed E-state index contributed by atoms with van der Waals surface area (Å²) in [6.07, 6.45) is -7.43. The lowest BCUT2D eigenvalue weighted by molar-refractivity contribution is -0.208. The Morgan fingerprint density at radius 2 is 2.11 bits per heavy atom. The number of halogens is 3. The predicted molar refractivity (Wildman–Crippen MR) is 56.6 cm³/mol. The van der Waals surface area contributed by atoms with Crippen LogP contribution < -0.4 is 0 Å². The average molecular weight is 255 g/mol. The number of fused-ring (bicyclic) bond motifs is 1. The van der Waals surface area contributed by atoms with Crippen LogP contribution >= 0.6 is 0 Å². The molecule has 18 heavy (non-hydrogen) atoms. The van der Waals surface area contributed by atoms with Crippen molar-refractivity contribution in [2.75, 3.05) is 0 Å². The normalized spacial score (nSPS) is 13.6. The van der Waals surface area contributed by atoms with Gasteiger partial charge < -0.3 is 10.1 Å². The fraction of sp³-hybridized carbons (Fsp3) is 0.273. The maximum absolute atomic E-state index is 12.3. The predicted octanol–water partition coefficient (Wildman–Crippen LogP) is 2.34. The summed E-state index contributed by atoms with van der Waals surface area (Å²) in [5.74, 6) is -0.577. The topological polar surface area (TPSA) is 72.7 Å². The van der Waals surface area contributed by atoms with Crippen LogP contribution in [0, 0.1) is 18.3 Å². The number of alkyl halides is 3. The minimum absolute atomic E-state index is 0.218. The van der Waals surface area contributed by atoms with E-state index in [0.717, 1.165) is 0 Å². The van der Waals surface area contributed by atoms with Crippen LogP contribution in [-0.4, -0.2) is 21.3 Å². The number of H-pyrrole nitrogens is 1. The molecule has 2 N–H and O–H groups in total. The maximum Gasteiger partial charge on any atom is 0.421 e. The number of imidazole rings is 1. The molecule has 2 aromatic rings. The van der Waals surface area contributed by atoms with Crippen molar-refractivity contribution >= 4 is 11.0 Å². The van der Waals surface area contributed by atoms with Crippen molar-refractivity contribution in [1.29, 1.82) is 5.26 Å². The Bertz CT molecular complexity index is 639. The van der Waals surface area contributed by atoms with Gasteiger partial charge in [0.25, 0.3) is 0 Å². The van der Waals surface area contributed by atoms with Crippen LogP contribution in [0.5, 0.6) is 0 Å². The van der Waals surface area contributed by atoms with Gasteiger partial charge in [0, 0.05) is 0 Å². The second kappa shape index (κ2) is 3.99. The van der Waals surface area contributed by atoms with Gasteiger partial charge in [-0.05, 0) is 24.6 Å². The van der Waals surface area contributed by atoms with Crippen molar-refractivity contribution in [3.63, 3.8) is 0 Å². The van der Waals surface area contributed by atoms with E-state index in [0.29, 0.717) is 16.6 Å². The lowest BCUT2D eigenvalue weighted by Gasteiger charge is -2.10. The SMILES string of the molecule is Cc1cc2[nH]c(C(O)C(F)(F)F)nc2cc1C#N. The number of hydrogen-bond donors (Lipinski definition) is 2. The Hall–Kier alpha value is -2.07. The molecule has 0 fully saturated rings. The van der Waals surface area contributed by atoms with Gasteiger partial charge in [0.05, 0.1) is 22.7 Å². The molecular weight excluding hydrogens is 247 g/mol. The highest BCUT2D eigenvalue weighted by atomic mass is 19.4. The van der Waals surface area contributed by atoms with Crippen LogP contribution in [-0.2, 0) is 0 Å². The quantitative estimate of drug-likeness (QED) is 0.821. The van der Waals surface area contributed by atoms with E-state index in [4.69, 9.17) is 10.4 Å². The fourth-order valence-electron chi connectivity index (χ4n) is 1.59. The highest BCUT2D eigenvalue weighted by Gasteiger charge is 2.41. The molecule has 0 aliphatic carbocycles. The zero-order valence-corrected chi connectivity index (χ0v) is 9.21. The molecular formula is C11H8F3N3O. The summed E-state index contributed by atoms with van der Waals surface area (Å²) in [4.78, 5) is 6.06.